The number of nitrogens with zero attached hydrogens (tertiary/aromatic N) is 1. The number of rotatable bonds is 10. The van der Waals surface area contributed by atoms with Crippen LogP contribution in [0, 0.1) is 5.82 Å². The van der Waals surface area contributed by atoms with Gasteiger partial charge in [0.15, 0.2) is 5.96 Å². The average molecular weight is 528 g/mol. The zero-order chi connectivity index (χ0) is 20.9. The van der Waals surface area contributed by atoms with Gasteiger partial charge in [0.1, 0.15) is 11.6 Å². The van der Waals surface area contributed by atoms with Gasteiger partial charge in [0.25, 0.3) is 0 Å². The van der Waals surface area contributed by atoms with Crippen LogP contribution in [0.2, 0.25) is 0 Å². The molecule has 3 N–H and O–H groups in total. The predicted octanol–water partition coefficient (Wildman–Crippen LogP) is 3.26. The first-order valence-corrected chi connectivity index (χ1v) is 9.86. The van der Waals surface area contributed by atoms with Crippen molar-refractivity contribution in [2.24, 2.45) is 4.99 Å². The summed E-state index contributed by atoms with van der Waals surface area (Å²) < 4.78 is 18.8. The Morgan fingerprint density at radius 3 is 2.53 bits per heavy atom. The standard InChI is InChI=1S/C22H29FN4O2.HI/c1-3-24-22(27-16-18-9-5-6-11-20(18)29-4-2)26-13-12-25-21(28)15-17-8-7-10-19(23)14-17;/h5-11,14H,3-4,12-13,15-16H2,1-2H3,(H,25,28)(H2,24,26,27);1H. The molecule has 0 radical (unpaired) electrons. The summed E-state index contributed by atoms with van der Waals surface area (Å²) in [5.41, 5.74) is 1.66. The van der Waals surface area contributed by atoms with Gasteiger partial charge in [-0.15, -0.1) is 24.0 Å². The Kier molecular flexibility index (Phi) is 12.5. The van der Waals surface area contributed by atoms with Gasteiger partial charge in [-0.1, -0.05) is 30.3 Å². The third-order valence-electron chi connectivity index (χ3n) is 4.02. The number of para-hydroxylation sites is 1. The van der Waals surface area contributed by atoms with Crippen molar-refractivity contribution in [3.8, 4) is 5.75 Å². The van der Waals surface area contributed by atoms with Gasteiger partial charge in [-0.2, -0.15) is 0 Å². The van der Waals surface area contributed by atoms with Crippen LogP contribution in [-0.4, -0.2) is 38.1 Å². The third-order valence-corrected chi connectivity index (χ3v) is 4.02. The van der Waals surface area contributed by atoms with Crippen LogP contribution in [0.25, 0.3) is 0 Å². The maximum atomic E-state index is 13.2. The Morgan fingerprint density at radius 2 is 1.80 bits per heavy atom. The van der Waals surface area contributed by atoms with E-state index in [9.17, 15) is 9.18 Å². The number of ether oxygens (including phenoxy) is 1. The predicted molar refractivity (Wildman–Crippen MR) is 129 cm³/mol. The van der Waals surface area contributed by atoms with Gasteiger partial charge in [0, 0.05) is 25.2 Å². The molecule has 0 fully saturated rings. The lowest BCUT2D eigenvalue weighted by Gasteiger charge is -2.13. The number of carbonyl (C=O) groups excluding carboxylic acids is 1. The second-order valence-corrected chi connectivity index (χ2v) is 6.32. The van der Waals surface area contributed by atoms with Crippen molar-refractivity contribution in [2.45, 2.75) is 26.8 Å². The molecule has 0 aliphatic rings. The maximum Gasteiger partial charge on any atom is 0.224 e. The molecule has 0 aromatic heterocycles. The van der Waals surface area contributed by atoms with E-state index in [2.05, 4.69) is 20.9 Å². The highest BCUT2D eigenvalue weighted by Gasteiger charge is 2.05. The fraction of sp³-hybridized carbons (Fsp3) is 0.364. The van der Waals surface area contributed by atoms with Crippen molar-refractivity contribution in [3.63, 3.8) is 0 Å². The van der Waals surface area contributed by atoms with E-state index in [1.807, 2.05) is 38.1 Å². The number of guanidine groups is 1. The van der Waals surface area contributed by atoms with Gasteiger partial charge in [-0.25, -0.2) is 9.38 Å². The number of hydrogen-bond donors (Lipinski definition) is 3. The first-order chi connectivity index (χ1) is 14.1. The van der Waals surface area contributed by atoms with Gasteiger partial charge in [-0.3, -0.25) is 4.79 Å². The molecule has 2 aromatic rings. The van der Waals surface area contributed by atoms with Crippen molar-refractivity contribution < 1.29 is 13.9 Å². The normalized spacial score (nSPS) is 10.7. The number of benzene rings is 2. The summed E-state index contributed by atoms with van der Waals surface area (Å²) in [6, 6.07) is 13.9. The first kappa shape index (κ1) is 25.7. The van der Waals surface area contributed by atoms with Crippen LogP contribution < -0.4 is 20.7 Å². The summed E-state index contributed by atoms with van der Waals surface area (Å²) in [6.07, 6.45) is 0.153. The molecule has 2 rings (SSSR count). The molecule has 6 nitrogen and oxygen atoms in total. The highest BCUT2D eigenvalue weighted by Crippen LogP contribution is 2.18. The summed E-state index contributed by atoms with van der Waals surface area (Å²) in [7, 11) is 0. The minimum Gasteiger partial charge on any atom is -0.494 e. The largest absolute Gasteiger partial charge is 0.494 e. The van der Waals surface area contributed by atoms with Crippen LogP contribution >= 0.6 is 24.0 Å². The van der Waals surface area contributed by atoms with Crippen molar-refractivity contribution in [3.05, 3.63) is 65.5 Å². The van der Waals surface area contributed by atoms with Gasteiger partial charge in [-0.05, 0) is 37.6 Å². The molecule has 0 atom stereocenters. The molecule has 0 aliphatic heterocycles. The van der Waals surface area contributed by atoms with Crippen LogP contribution in [0.5, 0.6) is 5.75 Å². The smallest absolute Gasteiger partial charge is 0.224 e. The topological polar surface area (TPSA) is 74.8 Å². The van der Waals surface area contributed by atoms with Gasteiger partial charge >= 0.3 is 0 Å². The zero-order valence-electron chi connectivity index (χ0n) is 17.4. The molecule has 0 aliphatic carbocycles. The number of amides is 1. The lowest BCUT2D eigenvalue weighted by atomic mass is 10.1. The number of aliphatic imine (C=N–C) groups is 1. The van der Waals surface area contributed by atoms with Crippen molar-refractivity contribution in [1.82, 2.24) is 16.0 Å². The monoisotopic (exact) mass is 528 g/mol. The molecule has 30 heavy (non-hydrogen) atoms. The molecule has 164 valence electrons. The van der Waals surface area contributed by atoms with E-state index in [0.717, 1.165) is 17.9 Å². The Labute approximate surface area is 194 Å². The Hall–Kier alpha value is -2.36. The number of hydrogen-bond acceptors (Lipinski definition) is 3. The number of nitrogens with one attached hydrogen (secondary N) is 3. The Bertz CT molecular complexity index is 817. The van der Waals surface area contributed by atoms with Crippen LogP contribution in [0.4, 0.5) is 4.39 Å². The molecule has 0 unspecified atom stereocenters. The van der Waals surface area contributed by atoms with Crippen LogP contribution in [0.1, 0.15) is 25.0 Å². The minimum absolute atomic E-state index is 0. The lowest BCUT2D eigenvalue weighted by molar-refractivity contribution is -0.120. The van der Waals surface area contributed by atoms with E-state index in [1.165, 1.54) is 12.1 Å². The molecule has 0 heterocycles. The van der Waals surface area contributed by atoms with Crippen molar-refractivity contribution in [2.75, 3.05) is 26.2 Å². The number of carbonyl (C=O) groups is 1. The maximum absolute atomic E-state index is 13.2. The van der Waals surface area contributed by atoms with E-state index < -0.39 is 0 Å². The highest BCUT2D eigenvalue weighted by atomic mass is 127. The minimum atomic E-state index is -0.339. The van der Waals surface area contributed by atoms with Crippen LogP contribution in [0.15, 0.2) is 53.5 Å². The van der Waals surface area contributed by atoms with E-state index in [4.69, 9.17) is 4.74 Å². The first-order valence-electron chi connectivity index (χ1n) is 9.86. The number of halogens is 2. The molecule has 8 heteroatoms. The highest BCUT2D eigenvalue weighted by molar-refractivity contribution is 14.0. The lowest BCUT2D eigenvalue weighted by Crippen LogP contribution is -2.41. The molecule has 0 spiro atoms. The van der Waals surface area contributed by atoms with Crippen LogP contribution in [-0.2, 0) is 17.8 Å². The summed E-state index contributed by atoms with van der Waals surface area (Å²) in [5, 5.41) is 9.20. The summed E-state index contributed by atoms with van der Waals surface area (Å²) >= 11 is 0. The van der Waals surface area contributed by atoms with E-state index in [0.29, 0.717) is 37.8 Å². The molecule has 0 bridgehead atoms. The molecule has 0 saturated heterocycles. The molecule has 0 saturated carbocycles. The molecule has 2 aromatic carbocycles. The summed E-state index contributed by atoms with van der Waals surface area (Å²) in [6.45, 7) is 6.72. The second-order valence-electron chi connectivity index (χ2n) is 6.32. The van der Waals surface area contributed by atoms with E-state index in [-0.39, 0.29) is 42.1 Å². The fourth-order valence-electron chi connectivity index (χ4n) is 2.71. The summed E-state index contributed by atoms with van der Waals surface area (Å²) in [5.74, 6) is 1.01. The van der Waals surface area contributed by atoms with E-state index in [1.54, 1.807) is 12.1 Å². The average Bonchev–Trinajstić information content (AvgIpc) is 2.70. The van der Waals surface area contributed by atoms with Gasteiger partial charge in [0.05, 0.1) is 19.6 Å². The van der Waals surface area contributed by atoms with Gasteiger partial charge < -0.3 is 20.7 Å². The van der Waals surface area contributed by atoms with Gasteiger partial charge in [0.2, 0.25) is 5.91 Å². The van der Waals surface area contributed by atoms with E-state index >= 15 is 0 Å². The van der Waals surface area contributed by atoms with Crippen LogP contribution in [0.3, 0.4) is 0 Å². The van der Waals surface area contributed by atoms with Crippen molar-refractivity contribution in [1.29, 1.82) is 0 Å². The second kappa shape index (κ2) is 14.6. The quantitative estimate of drug-likeness (QED) is 0.192. The molecular formula is C22H30FIN4O2. The fourth-order valence-corrected chi connectivity index (χ4v) is 2.71. The molecular weight excluding hydrogens is 498 g/mol. The molecule has 1 amide bonds. The SMILES string of the molecule is CCNC(=NCc1ccccc1OCC)NCCNC(=O)Cc1cccc(F)c1.I. The third kappa shape index (κ3) is 9.43. The zero-order valence-corrected chi connectivity index (χ0v) is 19.7. The summed E-state index contributed by atoms with van der Waals surface area (Å²) in [4.78, 5) is 16.6. The van der Waals surface area contributed by atoms with Crippen molar-refractivity contribution >= 4 is 35.8 Å². The Morgan fingerprint density at radius 1 is 1.03 bits per heavy atom. The Balaban J connectivity index is 0.00000450.